The van der Waals surface area contributed by atoms with E-state index in [0.29, 0.717) is 20.8 Å². The molecule has 1 heterocycles. The van der Waals surface area contributed by atoms with Crippen molar-refractivity contribution < 1.29 is 9.35 Å². The molecule has 2 rings (SSSR count). The van der Waals surface area contributed by atoms with Crippen molar-refractivity contribution >= 4 is 39.8 Å². The number of aromatic nitrogens is 1. The van der Waals surface area contributed by atoms with Crippen LogP contribution in [0.3, 0.4) is 0 Å². The van der Waals surface area contributed by atoms with Crippen LogP contribution >= 0.6 is 11.6 Å². The number of halogens is 1. The third-order valence-corrected chi connectivity index (χ3v) is 4.14. The van der Waals surface area contributed by atoms with Crippen LogP contribution < -0.4 is 5.73 Å². The standard InChI is InChI=1S/C11H12ClN3O2S/c1-15(2)18(17)10-7-5-6(12)3-4-8(7)14-9(10)11(13)16/h3-5,14H,1-2H3,(H2,13,16). The molecule has 0 spiro atoms. The van der Waals surface area contributed by atoms with E-state index in [1.54, 1.807) is 32.3 Å². The Morgan fingerprint density at radius 3 is 2.72 bits per heavy atom. The number of rotatable bonds is 3. The molecule has 0 aliphatic rings. The molecule has 1 aromatic carbocycles. The first-order chi connectivity index (χ1) is 8.41. The lowest BCUT2D eigenvalue weighted by molar-refractivity contribution is 0.0993. The van der Waals surface area contributed by atoms with Gasteiger partial charge in [0.25, 0.3) is 5.91 Å². The molecule has 3 N–H and O–H groups in total. The number of nitrogens with zero attached hydrogens (tertiary/aromatic N) is 1. The smallest absolute Gasteiger partial charge is 0.270 e. The van der Waals surface area contributed by atoms with Crippen LogP contribution in [0.15, 0.2) is 23.1 Å². The molecule has 0 aliphatic carbocycles. The second-order valence-corrected chi connectivity index (χ2v) is 6.02. The number of hydrogen-bond donors (Lipinski definition) is 2. The number of nitrogens with one attached hydrogen (secondary N) is 1. The second-order valence-electron chi connectivity index (χ2n) is 3.94. The summed E-state index contributed by atoms with van der Waals surface area (Å²) in [6, 6.07) is 5.07. The third-order valence-electron chi connectivity index (χ3n) is 2.47. The number of amides is 1. The van der Waals surface area contributed by atoms with Gasteiger partial charge in [0.05, 0.1) is 22.3 Å². The van der Waals surface area contributed by atoms with Gasteiger partial charge < -0.3 is 15.3 Å². The van der Waals surface area contributed by atoms with Crippen molar-refractivity contribution in [1.29, 1.82) is 0 Å². The molecule has 5 nitrogen and oxygen atoms in total. The molecular weight excluding hydrogens is 274 g/mol. The SMILES string of the molecule is CN(C)[S+]([O-])c1c(C(N)=O)[nH]c2ccc(Cl)cc12. The van der Waals surface area contributed by atoms with Crippen LogP contribution in [0.2, 0.25) is 5.02 Å². The number of benzene rings is 1. The van der Waals surface area contributed by atoms with Crippen molar-refractivity contribution in [2.75, 3.05) is 14.1 Å². The molecule has 0 radical (unpaired) electrons. The Kier molecular flexibility index (Phi) is 3.54. The average molecular weight is 286 g/mol. The van der Waals surface area contributed by atoms with Crippen molar-refractivity contribution in [3.8, 4) is 0 Å². The van der Waals surface area contributed by atoms with Gasteiger partial charge in [0.2, 0.25) is 4.90 Å². The van der Waals surface area contributed by atoms with E-state index >= 15 is 0 Å². The van der Waals surface area contributed by atoms with Crippen molar-refractivity contribution in [3.05, 3.63) is 28.9 Å². The van der Waals surface area contributed by atoms with E-state index in [9.17, 15) is 9.35 Å². The fourth-order valence-electron chi connectivity index (χ4n) is 1.68. The molecule has 2 aromatic rings. The maximum absolute atomic E-state index is 12.2. The van der Waals surface area contributed by atoms with Gasteiger partial charge in [0, 0.05) is 19.1 Å². The van der Waals surface area contributed by atoms with Gasteiger partial charge in [-0.25, -0.2) is 0 Å². The van der Waals surface area contributed by atoms with E-state index in [0.717, 1.165) is 0 Å². The van der Waals surface area contributed by atoms with E-state index in [1.165, 1.54) is 4.31 Å². The normalized spacial score (nSPS) is 13.2. The topological polar surface area (TPSA) is 85.2 Å². The Hall–Kier alpha value is -1.21. The van der Waals surface area contributed by atoms with Crippen LogP contribution in [0, 0.1) is 0 Å². The van der Waals surface area contributed by atoms with Gasteiger partial charge in [-0.1, -0.05) is 11.6 Å². The third kappa shape index (κ3) is 2.20. The van der Waals surface area contributed by atoms with Crippen LogP contribution in [0.1, 0.15) is 10.5 Å². The zero-order valence-corrected chi connectivity index (χ0v) is 11.4. The number of hydrogen-bond acceptors (Lipinski definition) is 3. The summed E-state index contributed by atoms with van der Waals surface area (Å²) < 4.78 is 13.7. The van der Waals surface area contributed by atoms with E-state index in [1.807, 2.05) is 0 Å². The number of nitrogens with two attached hydrogens (primary N) is 1. The lowest BCUT2D eigenvalue weighted by Gasteiger charge is -2.15. The van der Waals surface area contributed by atoms with E-state index in [-0.39, 0.29) is 5.69 Å². The van der Waals surface area contributed by atoms with Crippen molar-refractivity contribution in [3.63, 3.8) is 0 Å². The molecule has 0 bridgehead atoms. The number of carbonyl (C=O) groups is 1. The lowest BCUT2D eigenvalue weighted by atomic mass is 10.2. The van der Waals surface area contributed by atoms with E-state index in [2.05, 4.69) is 4.98 Å². The summed E-state index contributed by atoms with van der Waals surface area (Å²) in [4.78, 5) is 14.6. The Bertz CT molecular complexity index is 612. The Balaban J connectivity index is 2.76. The molecule has 1 atom stereocenters. The van der Waals surface area contributed by atoms with Crippen LogP contribution in [-0.2, 0) is 11.4 Å². The first-order valence-corrected chi connectivity index (χ1v) is 6.60. The number of carbonyl (C=O) groups excluding carboxylic acids is 1. The molecule has 0 fully saturated rings. The molecule has 7 heteroatoms. The Labute approximate surface area is 112 Å². The van der Waals surface area contributed by atoms with Crippen molar-refractivity contribution in [2.45, 2.75) is 4.90 Å². The summed E-state index contributed by atoms with van der Waals surface area (Å²) in [5.74, 6) is -0.646. The van der Waals surface area contributed by atoms with Gasteiger partial charge in [0.1, 0.15) is 0 Å². The molecule has 0 aliphatic heterocycles. The highest BCUT2D eigenvalue weighted by molar-refractivity contribution is 7.89. The fraction of sp³-hybridized carbons (Fsp3) is 0.182. The zero-order valence-electron chi connectivity index (χ0n) is 9.86. The highest BCUT2D eigenvalue weighted by Crippen LogP contribution is 2.30. The van der Waals surface area contributed by atoms with Gasteiger partial charge >= 0.3 is 0 Å². The predicted octanol–water partition coefficient (Wildman–Crippen LogP) is 1.50. The maximum atomic E-state index is 12.2. The predicted molar refractivity (Wildman–Crippen MR) is 71.9 cm³/mol. The fourth-order valence-corrected chi connectivity index (χ4v) is 2.90. The first-order valence-electron chi connectivity index (χ1n) is 5.12. The summed E-state index contributed by atoms with van der Waals surface area (Å²) in [6.45, 7) is 0. The molecular formula is C11H12ClN3O2S. The minimum Gasteiger partial charge on any atom is -0.593 e. The lowest BCUT2D eigenvalue weighted by Crippen LogP contribution is -2.25. The number of fused-ring (bicyclic) bond motifs is 1. The minimum atomic E-state index is -1.48. The molecule has 1 unspecified atom stereocenters. The number of H-pyrrole nitrogens is 1. The largest absolute Gasteiger partial charge is 0.593 e. The summed E-state index contributed by atoms with van der Waals surface area (Å²) in [5.41, 5.74) is 6.13. The van der Waals surface area contributed by atoms with Crippen molar-refractivity contribution in [1.82, 2.24) is 9.29 Å². The minimum absolute atomic E-state index is 0.152. The highest BCUT2D eigenvalue weighted by Gasteiger charge is 2.28. The highest BCUT2D eigenvalue weighted by atomic mass is 35.5. The summed E-state index contributed by atoms with van der Waals surface area (Å²) in [6.07, 6.45) is 0. The second kappa shape index (κ2) is 4.81. The quantitative estimate of drug-likeness (QED) is 0.838. The summed E-state index contributed by atoms with van der Waals surface area (Å²) >= 11 is 4.44. The van der Waals surface area contributed by atoms with Gasteiger partial charge in [-0.05, 0) is 18.2 Å². The monoisotopic (exact) mass is 285 g/mol. The molecule has 18 heavy (non-hydrogen) atoms. The van der Waals surface area contributed by atoms with Gasteiger partial charge in [-0.3, -0.25) is 4.79 Å². The molecule has 1 amide bonds. The van der Waals surface area contributed by atoms with Gasteiger partial charge in [0.15, 0.2) is 5.69 Å². The molecule has 0 saturated carbocycles. The Morgan fingerprint density at radius 1 is 1.50 bits per heavy atom. The van der Waals surface area contributed by atoms with E-state index < -0.39 is 17.3 Å². The van der Waals surface area contributed by atoms with Crippen LogP contribution in [-0.4, -0.2) is 33.8 Å². The van der Waals surface area contributed by atoms with Gasteiger partial charge in [-0.2, -0.15) is 0 Å². The number of primary amides is 1. The molecule has 1 aromatic heterocycles. The van der Waals surface area contributed by atoms with Crippen molar-refractivity contribution in [2.24, 2.45) is 5.73 Å². The average Bonchev–Trinajstić information content (AvgIpc) is 2.66. The molecule has 96 valence electrons. The Morgan fingerprint density at radius 2 is 2.17 bits per heavy atom. The van der Waals surface area contributed by atoms with Crippen LogP contribution in [0.4, 0.5) is 0 Å². The summed E-state index contributed by atoms with van der Waals surface area (Å²) in [7, 11) is 3.31. The van der Waals surface area contributed by atoms with Crippen LogP contribution in [0.5, 0.6) is 0 Å². The van der Waals surface area contributed by atoms with Crippen LogP contribution in [0.25, 0.3) is 10.9 Å². The maximum Gasteiger partial charge on any atom is 0.270 e. The zero-order chi connectivity index (χ0) is 13.4. The molecule has 0 saturated heterocycles. The summed E-state index contributed by atoms with van der Waals surface area (Å²) in [5, 5.41) is 1.15. The first kappa shape index (κ1) is 13.2. The van der Waals surface area contributed by atoms with Gasteiger partial charge in [-0.15, -0.1) is 4.31 Å². The number of aromatic amines is 1. The van der Waals surface area contributed by atoms with E-state index in [4.69, 9.17) is 17.3 Å².